The van der Waals surface area contributed by atoms with E-state index >= 15 is 0 Å². The number of amides is 1. The fourth-order valence-corrected chi connectivity index (χ4v) is 4.43. The third-order valence-corrected chi connectivity index (χ3v) is 6.23. The van der Waals surface area contributed by atoms with Gasteiger partial charge < -0.3 is 9.47 Å². The van der Waals surface area contributed by atoms with Crippen LogP contribution in [0.1, 0.15) is 18.4 Å². The minimum absolute atomic E-state index is 0.167. The number of thioether (sulfide) groups is 1. The van der Waals surface area contributed by atoms with Gasteiger partial charge in [-0.1, -0.05) is 30.0 Å². The van der Waals surface area contributed by atoms with E-state index in [9.17, 15) is 4.79 Å². The van der Waals surface area contributed by atoms with Gasteiger partial charge in [0.15, 0.2) is 23.0 Å². The van der Waals surface area contributed by atoms with Crippen molar-refractivity contribution in [3.05, 3.63) is 35.3 Å². The average molecular weight is 472 g/mol. The zero-order valence-corrected chi connectivity index (χ0v) is 19.4. The molecule has 4 rings (SSSR count). The van der Waals surface area contributed by atoms with Crippen molar-refractivity contribution in [3.63, 3.8) is 0 Å². The van der Waals surface area contributed by atoms with Crippen LogP contribution in [-0.4, -0.2) is 55.9 Å². The molecule has 32 heavy (non-hydrogen) atoms. The zero-order valence-electron chi connectivity index (χ0n) is 17.7. The van der Waals surface area contributed by atoms with E-state index in [1.165, 1.54) is 23.1 Å². The third kappa shape index (κ3) is 4.81. The van der Waals surface area contributed by atoms with Crippen molar-refractivity contribution in [3.8, 4) is 22.9 Å². The number of fused-ring (bicyclic) bond motifs is 1. The largest absolute Gasteiger partial charge is 0.493 e. The second kappa shape index (κ2) is 9.92. The summed E-state index contributed by atoms with van der Waals surface area (Å²) in [6, 6.07) is 9.11. The highest BCUT2D eigenvalue weighted by Gasteiger charge is 2.14. The maximum atomic E-state index is 12.3. The van der Waals surface area contributed by atoms with Gasteiger partial charge in [0.05, 0.1) is 20.0 Å². The number of ether oxygens (including phenoxy) is 2. The summed E-state index contributed by atoms with van der Waals surface area (Å²) in [5.41, 5.74) is 1.38. The molecule has 3 aromatic heterocycles. The monoisotopic (exact) mass is 471 g/mol. The van der Waals surface area contributed by atoms with Crippen LogP contribution in [-0.2, 0) is 11.2 Å². The Bertz CT molecular complexity index is 1240. The summed E-state index contributed by atoms with van der Waals surface area (Å²) in [5.74, 6) is 1.79. The highest BCUT2D eigenvalue weighted by molar-refractivity contribution is 7.99. The van der Waals surface area contributed by atoms with E-state index in [0.29, 0.717) is 33.1 Å². The van der Waals surface area contributed by atoms with Crippen molar-refractivity contribution in [2.24, 2.45) is 0 Å². The van der Waals surface area contributed by atoms with Crippen LogP contribution in [0, 0.1) is 0 Å². The SMILES string of the molecule is CCCc1nnc(NC(=O)CSc2ccc3nnc(-c4ccc(OC)c(OC)c4)n3n2)s1. The fourth-order valence-electron chi connectivity index (χ4n) is 2.92. The lowest BCUT2D eigenvalue weighted by Gasteiger charge is -2.08. The lowest BCUT2D eigenvalue weighted by Crippen LogP contribution is -2.14. The van der Waals surface area contributed by atoms with Crippen LogP contribution < -0.4 is 14.8 Å². The Kier molecular flexibility index (Phi) is 6.81. The van der Waals surface area contributed by atoms with Gasteiger partial charge in [-0.3, -0.25) is 10.1 Å². The van der Waals surface area contributed by atoms with Crippen LogP contribution in [0.15, 0.2) is 35.4 Å². The molecule has 12 heteroatoms. The average Bonchev–Trinajstić information content (AvgIpc) is 3.43. The lowest BCUT2D eigenvalue weighted by atomic mass is 10.2. The molecule has 0 fully saturated rings. The van der Waals surface area contributed by atoms with Gasteiger partial charge in [0.25, 0.3) is 0 Å². The predicted molar refractivity (Wildman–Crippen MR) is 123 cm³/mol. The van der Waals surface area contributed by atoms with Gasteiger partial charge in [0.2, 0.25) is 11.0 Å². The quantitative estimate of drug-likeness (QED) is 0.367. The Morgan fingerprint density at radius 3 is 2.72 bits per heavy atom. The normalized spacial score (nSPS) is 11.0. The molecule has 0 atom stereocenters. The second-order valence-corrected chi connectivity index (χ2v) is 8.68. The molecule has 166 valence electrons. The van der Waals surface area contributed by atoms with E-state index in [2.05, 4.69) is 37.7 Å². The fraction of sp³-hybridized carbons (Fsp3) is 0.300. The second-order valence-electron chi connectivity index (χ2n) is 6.62. The molecule has 0 bridgehead atoms. The Morgan fingerprint density at radius 1 is 1.09 bits per heavy atom. The van der Waals surface area contributed by atoms with Gasteiger partial charge in [0, 0.05) is 12.0 Å². The van der Waals surface area contributed by atoms with Crippen molar-refractivity contribution in [2.75, 3.05) is 25.3 Å². The third-order valence-electron chi connectivity index (χ3n) is 4.41. The molecule has 1 amide bonds. The topological polar surface area (TPSA) is 116 Å². The first-order chi connectivity index (χ1) is 15.6. The molecular weight excluding hydrogens is 450 g/mol. The molecule has 0 saturated carbocycles. The van der Waals surface area contributed by atoms with Gasteiger partial charge in [0.1, 0.15) is 10.0 Å². The van der Waals surface area contributed by atoms with Crippen LogP contribution in [0.3, 0.4) is 0 Å². The Labute approximate surface area is 192 Å². The van der Waals surface area contributed by atoms with E-state index in [1.54, 1.807) is 24.8 Å². The first kappa shape index (κ1) is 22.0. The molecular formula is C20H21N7O3S2. The van der Waals surface area contributed by atoms with Gasteiger partial charge in [-0.05, 0) is 36.8 Å². The molecule has 0 radical (unpaired) electrons. The molecule has 0 spiro atoms. The molecule has 0 saturated heterocycles. The smallest absolute Gasteiger partial charge is 0.236 e. The summed E-state index contributed by atoms with van der Waals surface area (Å²) in [6.45, 7) is 2.08. The number of methoxy groups -OCH3 is 2. The molecule has 3 heterocycles. The van der Waals surface area contributed by atoms with E-state index < -0.39 is 0 Å². The van der Waals surface area contributed by atoms with Crippen molar-refractivity contribution < 1.29 is 14.3 Å². The maximum Gasteiger partial charge on any atom is 0.236 e. The summed E-state index contributed by atoms with van der Waals surface area (Å²) in [4.78, 5) is 12.3. The van der Waals surface area contributed by atoms with Crippen LogP contribution >= 0.6 is 23.1 Å². The van der Waals surface area contributed by atoms with Crippen LogP contribution in [0.5, 0.6) is 11.5 Å². The van der Waals surface area contributed by atoms with Crippen molar-refractivity contribution in [2.45, 2.75) is 24.8 Å². The number of nitrogens with zero attached hydrogens (tertiary/aromatic N) is 6. The number of carbonyl (C=O) groups excluding carboxylic acids is 1. The molecule has 4 aromatic rings. The molecule has 1 N–H and O–H groups in total. The zero-order chi connectivity index (χ0) is 22.5. The number of hydrogen-bond acceptors (Lipinski definition) is 10. The summed E-state index contributed by atoms with van der Waals surface area (Å²) >= 11 is 2.71. The number of benzene rings is 1. The van der Waals surface area contributed by atoms with E-state index in [1.807, 2.05) is 24.3 Å². The van der Waals surface area contributed by atoms with E-state index in [4.69, 9.17) is 9.47 Å². The molecule has 0 aliphatic rings. The standard InChI is InChI=1S/C20H21N7O3S2/c1-4-5-17-23-25-20(32-17)21-16(28)11-31-18-9-8-15-22-24-19(27(15)26-18)12-6-7-13(29-2)14(10-12)30-3/h6-10H,4-5,11H2,1-3H3,(H,21,25,28). The summed E-state index contributed by atoms with van der Waals surface area (Å²) in [7, 11) is 3.16. The highest BCUT2D eigenvalue weighted by atomic mass is 32.2. The Balaban J connectivity index is 1.48. The van der Waals surface area contributed by atoms with Gasteiger partial charge in [-0.15, -0.1) is 20.4 Å². The van der Waals surface area contributed by atoms with Crippen molar-refractivity contribution in [1.82, 2.24) is 30.0 Å². The minimum atomic E-state index is -0.167. The molecule has 1 aromatic carbocycles. The number of hydrogen-bond donors (Lipinski definition) is 1. The van der Waals surface area contributed by atoms with Gasteiger partial charge in [-0.2, -0.15) is 9.61 Å². The van der Waals surface area contributed by atoms with Gasteiger partial charge in [-0.25, -0.2) is 0 Å². The van der Waals surface area contributed by atoms with Crippen molar-refractivity contribution in [1.29, 1.82) is 0 Å². The van der Waals surface area contributed by atoms with Crippen LogP contribution in [0.25, 0.3) is 17.0 Å². The first-order valence-corrected chi connectivity index (χ1v) is 11.6. The molecule has 0 unspecified atom stereocenters. The number of aromatic nitrogens is 6. The van der Waals surface area contributed by atoms with Gasteiger partial charge >= 0.3 is 0 Å². The number of anilines is 1. The maximum absolute atomic E-state index is 12.3. The Morgan fingerprint density at radius 2 is 1.94 bits per heavy atom. The molecule has 10 nitrogen and oxygen atoms in total. The number of nitrogens with one attached hydrogen (secondary N) is 1. The predicted octanol–water partition coefficient (Wildman–Crippen LogP) is 3.34. The summed E-state index contributed by atoms with van der Waals surface area (Å²) in [5, 5.41) is 26.0. The first-order valence-electron chi connectivity index (χ1n) is 9.81. The number of rotatable bonds is 9. The lowest BCUT2D eigenvalue weighted by molar-refractivity contribution is -0.113. The molecule has 0 aliphatic carbocycles. The van der Waals surface area contributed by atoms with E-state index in [0.717, 1.165) is 23.4 Å². The van der Waals surface area contributed by atoms with Crippen LogP contribution in [0.2, 0.25) is 0 Å². The minimum Gasteiger partial charge on any atom is -0.493 e. The number of aryl methyl sites for hydroxylation is 1. The number of carbonyl (C=O) groups is 1. The summed E-state index contributed by atoms with van der Waals surface area (Å²) < 4.78 is 12.3. The van der Waals surface area contributed by atoms with Crippen LogP contribution in [0.4, 0.5) is 5.13 Å². The highest BCUT2D eigenvalue weighted by Crippen LogP contribution is 2.31. The Hall–Kier alpha value is -3.25. The molecule has 0 aliphatic heterocycles. The summed E-state index contributed by atoms with van der Waals surface area (Å²) in [6.07, 6.45) is 1.84. The van der Waals surface area contributed by atoms with E-state index in [-0.39, 0.29) is 11.7 Å². The van der Waals surface area contributed by atoms with Crippen molar-refractivity contribution >= 4 is 39.8 Å².